The number of benzene rings is 1. The van der Waals surface area contributed by atoms with Gasteiger partial charge in [0.05, 0.1) is 26.1 Å². The van der Waals surface area contributed by atoms with Crippen molar-refractivity contribution in [3.63, 3.8) is 0 Å². The Labute approximate surface area is 179 Å². The fourth-order valence-electron chi connectivity index (χ4n) is 3.81. The Morgan fingerprint density at radius 2 is 1.93 bits per heavy atom. The molecule has 1 aliphatic rings. The first kappa shape index (κ1) is 23.6. The van der Waals surface area contributed by atoms with Crippen LogP contribution in [0.5, 0.6) is 0 Å². The van der Waals surface area contributed by atoms with Crippen LogP contribution in [0.15, 0.2) is 24.3 Å². The molecular formula is C22H34ClN3O3. The summed E-state index contributed by atoms with van der Waals surface area (Å²) in [5.74, 6) is 0.111. The summed E-state index contributed by atoms with van der Waals surface area (Å²) in [5, 5.41) is 3.83. The maximum atomic E-state index is 12.7. The number of halogens is 1. The zero-order valence-electron chi connectivity index (χ0n) is 17.8. The second-order valence-electron chi connectivity index (χ2n) is 8.04. The van der Waals surface area contributed by atoms with Crippen LogP contribution in [0.2, 0.25) is 5.02 Å². The van der Waals surface area contributed by atoms with Gasteiger partial charge in [-0.3, -0.25) is 19.4 Å². The molecule has 1 aliphatic heterocycles. The summed E-state index contributed by atoms with van der Waals surface area (Å²) >= 11 is 6.45. The molecule has 1 heterocycles. The summed E-state index contributed by atoms with van der Waals surface area (Å²) in [6.45, 7) is 8.30. The number of methoxy groups -OCH3 is 1. The highest BCUT2D eigenvalue weighted by Crippen LogP contribution is 2.29. The predicted octanol–water partition coefficient (Wildman–Crippen LogP) is 3.11. The third kappa shape index (κ3) is 7.96. The molecule has 1 amide bonds. The van der Waals surface area contributed by atoms with Crippen molar-refractivity contribution in [2.45, 2.75) is 39.2 Å². The number of rotatable bonds is 11. The van der Waals surface area contributed by atoms with Gasteiger partial charge >= 0.3 is 5.97 Å². The number of amides is 1. The van der Waals surface area contributed by atoms with E-state index in [0.29, 0.717) is 19.0 Å². The minimum Gasteiger partial charge on any atom is -0.469 e. The predicted molar refractivity (Wildman–Crippen MR) is 116 cm³/mol. The number of nitrogens with zero attached hydrogens (tertiary/aromatic N) is 2. The Balaban J connectivity index is 1.96. The van der Waals surface area contributed by atoms with Gasteiger partial charge in [0.15, 0.2) is 0 Å². The number of carbonyl (C=O) groups is 2. The van der Waals surface area contributed by atoms with Crippen LogP contribution in [0.1, 0.15) is 44.7 Å². The molecule has 1 aromatic carbocycles. The molecule has 1 unspecified atom stereocenters. The van der Waals surface area contributed by atoms with Crippen molar-refractivity contribution >= 4 is 23.5 Å². The van der Waals surface area contributed by atoms with E-state index < -0.39 is 0 Å². The summed E-state index contributed by atoms with van der Waals surface area (Å²) in [6.07, 6.45) is 2.63. The van der Waals surface area contributed by atoms with Crippen molar-refractivity contribution in [3.05, 3.63) is 34.9 Å². The second-order valence-corrected chi connectivity index (χ2v) is 8.45. The summed E-state index contributed by atoms with van der Waals surface area (Å²) in [5.41, 5.74) is 1.06. The largest absolute Gasteiger partial charge is 0.469 e. The van der Waals surface area contributed by atoms with E-state index in [9.17, 15) is 9.59 Å². The van der Waals surface area contributed by atoms with Crippen LogP contribution < -0.4 is 5.32 Å². The van der Waals surface area contributed by atoms with Crippen LogP contribution in [0, 0.1) is 5.92 Å². The third-order valence-electron chi connectivity index (χ3n) is 5.19. The lowest BCUT2D eigenvalue weighted by molar-refractivity contribution is -0.141. The SMILES string of the molecule is COC(=O)CCN(CC(=O)NCC(c1ccccc1Cl)N1CCCC1)CC(C)C. The van der Waals surface area contributed by atoms with E-state index in [1.54, 1.807) is 0 Å². The van der Waals surface area contributed by atoms with Gasteiger partial charge in [0, 0.05) is 24.7 Å². The van der Waals surface area contributed by atoms with Gasteiger partial charge in [-0.25, -0.2) is 0 Å². The fraction of sp³-hybridized carbons (Fsp3) is 0.636. The topological polar surface area (TPSA) is 61.9 Å². The minimum absolute atomic E-state index is 0.0354. The van der Waals surface area contributed by atoms with Gasteiger partial charge in [-0.2, -0.15) is 0 Å². The van der Waals surface area contributed by atoms with Crippen molar-refractivity contribution in [3.8, 4) is 0 Å². The Morgan fingerprint density at radius 1 is 1.24 bits per heavy atom. The number of esters is 1. The minimum atomic E-state index is -0.257. The van der Waals surface area contributed by atoms with Gasteiger partial charge in [-0.1, -0.05) is 43.6 Å². The summed E-state index contributed by atoms with van der Waals surface area (Å²) in [6, 6.07) is 7.93. The highest BCUT2D eigenvalue weighted by Gasteiger charge is 2.25. The summed E-state index contributed by atoms with van der Waals surface area (Å²) < 4.78 is 4.72. The van der Waals surface area contributed by atoms with Crippen molar-refractivity contribution in [2.24, 2.45) is 5.92 Å². The average Bonchev–Trinajstić information content (AvgIpc) is 3.21. The Kier molecular flexibility index (Phi) is 9.91. The van der Waals surface area contributed by atoms with Crippen LogP contribution in [-0.2, 0) is 14.3 Å². The second kappa shape index (κ2) is 12.2. The van der Waals surface area contributed by atoms with Crippen molar-refractivity contribution in [2.75, 3.05) is 46.4 Å². The van der Waals surface area contributed by atoms with Gasteiger partial charge in [-0.15, -0.1) is 0 Å². The Bertz CT molecular complexity index is 662. The molecule has 2 rings (SSSR count). The Hall–Kier alpha value is -1.63. The molecule has 1 saturated heterocycles. The van der Waals surface area contributed by atoms with E-state index in [-0.39, 0.29) is 30.9 Å². The molecule has 1 aromatic rings. The van der Waals surface area contributed by atoms with Crippen LogP contribution in [0.3, 0.4) is 0 Å². The Morgan fingerprint density at radius 3 is 2.55 bits per heavy atom. The number of nitrogens with one attached hydrogen (secondary N) is 1. The first-order chi connectivity index (χ1) is 13.9. The van der Waals surface area contributed by atoms with Crippen LogP contribution >= 0.6 is 11.6 Å². The quantitative estimate of drug-likeness (QED) is 0.554. The summed E-state index contributed by atoms with van der Waals surface area (Å²) in [7, 11) is 1.38. The third-order valence-corrected chi connectivity index (χ3v) is 5.53. The van der Waals surface area contributed by atoms with Crippen molar-refractivity contribution < 1.29 is 14.3 Å². The van der Waals surface area contributed by atoms with Crippen LogP contribution in [0.4, 0.5) is 0 Å². The molecule has 162 valence electrons. The first-order valence-electron chi connectivity index (χ1n) is 10.4. The van der Waals surface area contributed by atoms with Gasteiger partial charge in [0.2, 0.25) is 5.91 Å². The highest BCUT2D eigenvalue weighted by atomic mass is 35.5. The maximum Gasteiger partial charge on any atom is 0.306 e. The lowest BCUT2D eigenvalue weighted by atomic mass is 10.1. The van der Waals surface area contributed by atoms with E-state index in [2.05, 4.69) is 24.1 Å². The van der Waals surface area contributed by atoms with E-state index in [1.807, 2.05) is 29.2 Å². The number of likely N-dealkylation sites (tertiary alicyclic amines) is 1. The number of hydrogen-bond acceptors (Lipinski definition) is 5. The number of carbonyl (C=O) groups excluding carboxylic acids is 2. The molecule has 0 radical (unpaired) electrons. The van der Waals surface area contributed by atoms with E-state index >= 15 is 0 Å². The molecular weight excluding hydrogens is 390 g/mol. The molecule has 1 atom stereocenters. The molecule has 29 heavy (non-hydrogen) atoms. The molecule has 7 heteroatoms. The summed E-state index contributed by atoms with van der Waals surface area (Å²) in [4.78, 5) is 28.5. The smallest absolute Gasteiger partial charge is 0.306 e. The number of hydrogen-bond donors (Lipinski definition) is 1. The molecule has 0 saturated carbocycles. The molecule has 0 spiro atoms. The van der Waals surface area contributed by atoms with Gasteiger partial charge in [0.1, 0.15) is 0 Å². The lowest BCUT2D eigenvalue weighted by Crippen LogP contribution is -2.43. The monoisotopic (exact) mass is 423 g/mol. The highest BCUT2D eigenvalue weighted by molar-refractivity contribution is 6.31. The van der Waals surface area contributed by atoms with E-state index in [0.717, 1.165) is 30.2 Å². The standard InChI is InChI=1S/C22H34ClN3O3/c1-17(2)15-25(13-10-22(28)29-3)16-21(27)24-14-20(26-11-6-7-12-26)18-8-4-5-9-19(18)23/h4-5,8-9,17,20H,6-7,10-16H2,1-3H3,(H,24,27). The zero-order chi connectivity index (χ0) is 21.2. The molecule has 0 aliphatic carbocycles. The zero-order valence-corrected chi connectivity index (χ0v) is 18.6. The molecule has 1 N–H and O–H groups in total. The van der Waals surface area contributed by atoms with Crippen molar-refractivity contribution in [1.29, 1.82) is 0 Å². The van der Waals surface area contributed by atoms with Crippen molar-refractivity contribution in [1.82, 2.24) is 15.1 Å². The molecule has 0 aromatic heterocycles. The van der Waals surface area contributed by atoms with Gasteiger partial charge < -0.3 is 10.1 Å². The van der Waals surface area contributed by atoms with E-state index in [1.165, 1.54) is 20.0 Å². The number of ether oxygens (including phenoxy) is 1. The maximum absolute atomic E-state index is 12.7. The normalized spacial score (nSPS) is 15.7. The van der Waals surface area contributed by atoms with Gasteiger partial charge in [-0.05, 0) is 43.5 Å². The molecule has 0 bridgehead atoms. The first-order valence-corrected chi connectivity index (χ1v) is 10.8. The average molecular weight is 424 g/mol. The molecule has 6 nitrogen and oxygen atoms in total. The van der Waals surface area contributed by atoms with Crippen LogP contribution in [-0.4, -0.2) is 68.1 Å². The lowest BCUT2D eigenvalue weighted by Gasteiger charge is -2.29. The van der Waals surface area contributed by atoms with Gasteiger partial charge in [0.25, 0.3) is 0 Å². The molecule has 1 fully saturated rings. The fourth-order valence-corrected chi connectivity index (χ4v) is 4.07. The van der Waals surface area contributed by atoms with Crippen LogP contribution in [0.25, 0.3) is 0 Å². The van der Waals surface area contributed by atoms with E-state index in [4.69, 9.17) is 16.3 Å².